The minimum atomic E-state index is -4.03. The van der Waals surface area contributed by atoms with E-state index in [0.29, 0.717) is 6.42 Å². The van der Waals surface area contributed by atoms with E-state index in [0.717, 1.165) is 19.3 Å². The molecule has 4 nitrogen and oxygen atoms in total. The van der Waals surface area contributed by atoms with Gasteiger partial charge in [-0.25, -0.2) is 0 Å². The zero-order valence-corrected chi connectivity index (χ0v) is 7.82. The Morgan fingerprint density at radius 2 is 1.82 bits per heavy atom. The quantitative estimate of drug-likeness (QED) is 0.334. The van der Waals surface area contributed by atoms with Crippen molar-refractivity contribution in [2.45, 2.75) is 38.3 Å². The molecule has 0 heterocycles. The van der Waals surface area contributed by atoms with E-state index in [-0.39, 0.29) is 0 Å². The summed E-state index contributed by atoms with van der Waals surface area (Å²) in [7, 11) is -4.03. The molecule has 11 heavy (non-hydrogen) atoms. The third kappa shape index (κ3) is 5.34. The van der Waals surface area contributed by atoms with Crippen LogP contribution in [0.2, 0.25) is 0 Å². The lowest BCUT2D eigenvalue weighted by Gasteiger charge is -2.17. The van der Waals surface area contributed by atoms with Crippen LogP contribution in [0.1, 0.15) is 32.6 Å². The van der Waals surface area contributed by atoms with Crippen LogP contribution in [0.15, 0.2) is 0 Å². The van der Waals surface area contributed by atoms with Gasteiger partial charge < -0.3 is 20.1 Å². The van der Waals surface area contributed by atoms with Crippen LogP contribution >= 0.6 is 0 Å². The van der Waals surface area contributed by atoms with Crippen LogP contribution in [0.4, 0.5) is 0 Å². The fourth-order valence-corrected chi connectivity index (χ4v) is 1.40. The van der Waals surface area contributed by atoms with Crippen LogP contribution in [0.5, 0.6) is 0 Å². The molecule has 0 aliphatic rings. The van der Waals surface area contributed by atoms with Crippen LogP contribution < -0.4 is 5.73 Å². The summed E-state index contributed by atoms with van der Waals surface area (Å²) in [6.45, 7) is 2.05. The molecular formula is C6H17NO3Si. The zero-order chi connectivity index (χ0) is 8.91. The van der Waals surface area contributed by atoms with Gasteiger partial charge in [-0.15, -0.1) is 0 Å². The molecule has 0 radical (unpaired) electrons. The third-order valence-corrected chi connectivity index (χ3v) is 2.90. The Morgan fingerprint density at radius 1 is 1.27 bits per heavy atom. The molecule has 68 valence electrons. The Balaban J connectivity index is 3.44. The molecule has 0 bridgehead atoms. The summed E-state index contributed by atoms with van der Waals surface area (Å²) < 4.78 is 0. The van der Waals surface area contributed by atoms with Gasteiger partial charge in [0, 0.05) is 0 Å². The van der Waals surface area contributed by atoms with Crippen molar-refractivity contribution >= 4 is 8.80 Å². The smallest absolute Gasteiger partial charge is 0.389 e. The molecule has 0 spiro atoms. The van der Waals surface area contributed by atoms with Gasteiger partial charge in [-0.1, -0.05) is 26.2 Å². The molecule has 0 aromatic carbocycles. The summed E-state index contributed by atoms with van der Waals surface area (Å²) in [6, 6.07) is 0. The van der Waals surface area contributed by atoms with Crippen LogP contribution in [-0.4, -0.2) is 28.9 Å². The summed E-state index contributed by atoms with van der Waals surface area (Å²) in [5.41, 5.74) is 4.48. The lowest BCUT2D eigenvalue weighted by molar-refractivity contribution is 0.208. The average molecular weight is 179 g/mol. The summed E-state index contributed by atoms with van der Waals surface area (Å²) >= 11 is 0. The molecule has 0 aliphatic carbocycles. The van der Waals surface area contributed by atoms with Gasteiger partial charge in [0.2, 0.25) is 0 Å². The van der Waals surface area contributed by atoms with E-state index in [4.69, 9.17) is 20.1 Å². The molecule has 5 heteroatoms. The van der Waals surface area contributed by atoms with Gasteiger partial charge in [0.15, 0.2) is 0 Å². The topological polar surface area (TPSA) is 86.7 Å². The first-order valence-electron chi connectivity index (χ1n) is 3.91. The largest absolute Gasteiger partial charge is 0.510 e. The van der Waals surface area contributed by atoms with E-state index in [1.807, 2.05) is 6.92 Å². The summed E-state index contributed by atoms with van der Waals surface area (Å²) in [6.07, 6.45) is 3.40. The average Bonchev–Trinajstić information content (AvgIpc) is 1.86. The highest BCUT2D eigenvalue weighted by Crippen LogP contribution is 2.05. The van der Waals surface area contributed by atoms with E-state index < -0.39 is 14.5 Å². The van der Waals surface area contributed by atoms with Crippen molar-refractivity contribution in [1.82, 2.24) is 0 Å². The summed E-state index contributed by atoms with van der Waals surface area (Å²) in [5.74, 6) is 0. The first-order chi connectivity index (χ1) is 4.98. The van der Waals surface area contributed by atoms with E-state index in [1.165, 1.54) is 0 Å². The SMILES string of the molecule is CCCCCC(N)[Si](O)(O)O. The second-order valence-corrected chi connectivity index (χ2v) is 4.91. The Bertz CT molecular complexity index is 104. The van der Waals surface area contributed by atoms with Gasteiger partial charge in [-0.05, 0) is 6.42 Å². The Kier molecular flexibility index (Phi) is 4.86. The maximum Gasteiger partial charge on any atom is 0.510 e. The lowest BCUT2D eigenvalue weighted by Crippen LogP contribution is -2.53. The summed E-state index contributed by atoms with van der Waals surface area (Å²) in [4.78, 5) is 26.1. The first kappa shape index (κ1) is 11.1. The highest BCUT2D eigenvalue weighted by molar-refractivity contribution is 6.58. The van der Waals surface area contributed by atoms with Gasteiger partial charge in [-0.3, -0.25) is 0 Å². The zero-order valence-electron chi connectivity index (χ0n) is 6.82. The van der Waals surface area contributed by atoms with E-state index in [2.05, 4.69) is 0 Å². The maximum absolute atomic E-state index is 8.71. The van der Waals surface area contributed by atoms with Crippen molar-refractivity contribution in [3.05, 3.63) is 0 Å². The van der Waals surface area contributed by atoms with Gasteiger partial charge >= 0.3 is 8.80 Å². The van der Waals surface area contributed by atoms with Gasteiger partial charge in [0.1, 0.15) is 0 Å². The molecular weight excluding hydrogens is 162 g/mol. The Labute approximate surface area is 68.0 Å². The molecule has 0 saturated carbocycles. The van der Waals surface area contributed by atoms with Gasteiger partial charge in [-0.2, -0.15) is 0 Å². The molecule has 0 fully saturated rings. The maximum atomic E-state index is 8.71. The molecule has 0 rings (SSSR count). The monoisotopic (exact) mass is 179 g/mol. The fraction of sp³-hybridized carbons (Fsp3) is 1.00. The molecule has 5 N–H and O–H groups in total. The Morgan fingerprint density at radius 3 is 2.18 bits per heavy atom. The summed E-state index contributed by atoms with van der Waals surface area (Å²) in [5, 5.41) is 0. The molecule has 0 amide bonds. The van der Waals surface area contributed by atoms with Gasteiger partial charge in [0.25, 0.3) is 0 Å². The van der Waals surface area contributed by atoms with E-state index in [1.54, 1.807) is 0 Å². The molecule has 0 aliphatic heterocycles. The van der Waals surface area contributed by atoms with Crippen molar-refractivity contribution in [2.75, 3.05) is 0 Å². The second kappa shape index (κ2) is 4.84. The Hall–Kier alpha value is 0.0569. The van der Waals surface area contributed by atoms with Crippen LogP contribution in [0.25, 0.3) is 0 Å². The lowest BCUT2D eigenvalue weighted by atomic mass is 10.2. The minimum absolute atomic E-state index is 0.490. The van der Waals surface area contributed by atoms with Crippen LogP contribution in [-0.2, 0) is 0 Å². The minimum Gasteiger partial charge on any atom is -0.389 e. The molecule has 0 aromatic heterocycles. The first-order valence-corrected chi connectivity index (χ1v) is 5.83. The normalized spacial score (nSPS) is 15.0. The fourth-order valence-electron chi connectivity index (χ4n) is 0.808. The van der Waals surface area contributed by atoms with Crippen molar-refractivity contribution < 1.29 is 14.4 Å². The van der Waals surface area contributed by atoms with Gasteiger partial charge in [0.05, 0.1) is 5.67 Å². The number of hydrogen-bond donors (Lipinski definition) is 4. The number of rotatable bonds is 5. The number of nitrogens with two attached hydrogens (primary N) is 1. The molecule has 1 atom stereocenters. The standard InChI is InChI=1S/C6H17NO3Si/c1-2-3-4-5-6(7)11(8,9)10/h6,8-10H,2-5,7H2,1H3. The van der Waals surface area contributed by atoms with Crippen LogP contribution in [0.3, 0.4) is 0 Å². The van der Waals surface area contributed by atoms with Crippen molar-refractivity contribution in [1.29, 1.82) is 0 Å². The number of hydrogen-bond acceptors (Lipinski definition) is 4. The van der Waals surface area contributed by atoms with E-state index in [9.17, 15) is 0 Å². The molecule has 0 saturated heterocycles. The van der Waals surface area contributed by atoms with Crippen molar-refractivity contribution in [3.63, 3.8) is 0 Å². The molecule has 0 aromatic rings. The highest BCUT2D eigenvalue weighted by Gasteiger charge is 2.35. The van der Waals surface area contributed by atoms with Crippen LogP contribution in [0, 0.1) is 0 Å². The van der Waals surface area contributed by atoms with E-state index >= 15 is 0 Å². The number of unbranched alkanes of at least 4 members (excludes halogenated alkanes) is 2. The third-order valence-electron chi connectivity index (χ3n) is 1.62. The van der Waals surface area contributed by atoms with Crippen molar-refractivity contribution in [2.24, 2.45) is 5.73 Å². The highest BCUT2D eigenvalue weighted by atomic mass is 28.4. The second-order valence-electron chi connectivity index (χ2n) is 2.79. The van der Waals surface area contributed by atoms with Crippen molar-refractivity contribution in [3.8, 4) is 0 Å². The predicted molar refractivity (Wildman–Crippen MR) is 44.5 cm³/mol. The molecule has 1 unspecified atom stereocenters. The predicted octanol–water partition coefficient (Wildman–Crippen LogP) is -0.651.